The molecule has 0 bridgehead atoms. The predicted octanol–water partition coefficient (Wildman–Crippen LogP) is 2.37. The molecule has 0 aliphatic carbocycles. The molecule has 1 unspecified atom stereocenters. The number of hydrogen-bond acceptors (Lipinski definition) is 1. The second-order valence-corrected chi connectivity index (χ2v) is 3.55. The Kier molecular flexibility index (Phi) is 4.71. The van der Waals surface area contributed by atoms with Crippen molar-refractivity contribution in [2.75, 3.05) is 13.6 Å². The van der Waals surface area contributed by atoms with Gasteiger partial charge in [0.2, 0.25) is 0 Å². The standard InChI is InChI=1S/C9H21N/c1-6-9(4)7-10(5)8(2)3/h8-9H,6-7H2,1-5H3. The Hall–Kier alpha value is -0.0400. The van der Waals surface area contributed by atoms with Crippen LogP contribution in [-0.4, -0.2) is 24.5 Å². The highest BCUT2D eigenvalue weighted by Crippen LogP contribution is 2.04. The third kappa shape index (κ3) is 3.89. The van der Waals surface area contributed by atoms with Crippen LogP contribution in [0.1, 0.15) is 34.1 Å². The zero-order valence-electron chi connectivity index (χ0n) is 8.02. The highest BCUT2D eigenvalue weighted by atomic mass is 15.1. The number of nitrogens with zero attached hydrogens (tertiary/aromatic N) is 1. The van der Waals surface area contributed by atoms with Gasteiger partial charge in [-0.15, -0.1) is 0 Å². The summed E-state index contributed by atoms with van der Waals surface area (Å²) in [5.41, 5.74) is 0. The molecule has 0 amide bonds. The molecule has 0 aliphatic rings. The van der Waals surface area contributed by atoms with E-state index in [0.29, 0.717) is 6.04 Å². The maximum absolute atomic E-state index is 2.40. The third-order valence-electron chi connectivity index (χ3n) is 2.18. The van der Waals surface area contributed by atoms with E-state index < -0.39 is 0 Å². The first kappa shape index (κ1) is 9.96. The lowest BCUT2D eigenvalue weighted by atomic mass is 10.1. The van der Waals surface area contributed by atoms with Gasteiger partial charge in [-0.25, -0.2) is 0 Å². The van der Waals surface area contributed by atoms with Crippen LogP contribution in [0.3, 0.4) is 0 Å². The molecular weight excluding hydrogens is 122 g/mol. The van der Waals surface area contributed by atoms with Crippen molar-refractivity contribution in [2.45, 2.75) is 40.2 Å². The molecule has 0 spiro atoms. The summed E-state index contributed by atoms with van der Waals surface area (Å²) >= 11 is 0. The van der Waals surface area contributed by atoms with Crippen LogP contribution in [0.5, 0.6) is 0 Å². The predicted molar refractivity (Wildman–Crippen MR) is 47.2 cm³/mol. The van der Waals surface area contributed by atoms with E-state index in [2.05, 4.69) is 39.6 Å². The molecule has 0 radical (unpaired) electrons. The van der Waals surface area contributed by atoms with Crippen molar-refractivity contribution in [3.8, 4) is 0 Å². The summed E-state index contributed by atoms with van der Waals surface area (Å²) in [6.07, 6.45) is 1.29. The van der Waals surface area contributed by atoms with Crippen LogP contribution in [0.2, 0.25) is 0 Å². The van der Waals surface area contributed by atoms with Gasteiger partial charge in [0, 0.05) is 12.6 Å². The number of hydrogen-bond donors (Lipinski definition) is 0. The largest absolute Gasteiger partial charge is 0.304 e. The summed E-state index contributed by atoms with van der Waals surface area (Å²) in [7, 11) is 2.19. The molecule has 0 aromatic rings. The summed E-state index contributed by atoms with van der Waals surface area (Å²) in [6, 6.07) is 0.689. The van der Waals surface area contributed by atoms with Gasteiger partial charge in [-0.1, -0.05) is 20.3 Å². The Bertz CT molecular complexity index is 78.8. The van der Waals surface area contributed by atoms with Crippen LogP contribution >= 0.6 is 0 Å². The Morgan fingerprint density at radius 3 is 2.00 bits per heavy atom. The van der Waals surface area contributed by atoms with Gasteiger partial charge in [-0.2, -0.15) is 0 Å². The molecule has 1 heteroatoms. The van der Waals surface area contributed by atoms with Crippen LogP contribution in [0.4, 0.5) is 0 Å². The molecule has 0 fully saturated rings. The van der Waals surface area contributed by atoms with Gasteiger partial charge in [-0.3, -0.25) is 0 Å². The maximum Gasteiger partial charge on any atom is 0.00356 e. The van der Waals surface area contributed by atoms with Gasteiger partial charge in [0.1, 0.15) is 0 Å². The van der Waals surface area contributed by atoms with Gasteiger partial charge in [0.05, 0.1) is 0 Å². The molecule has 0 heterocycles. The lowest BCUT2D eigenvalue weighted by Crippen LogP contribution is -2.30. The van der Waals surface area contributed by atoms with E-state index in [1.54, 1.807) is 0 Å². The smallest absolute Gasteiger partial charge is 0.00356 e. The molecule has 0 N–H and O–H groups in total. The maximum atomic E-state index is 2.40. The van der Waals surface area contributed by atoms with Gasteiger partial charge in [-0.05, 0) is 26.8 Å². The van der Waals surface area contributed by atoms with E-state index in [0.717, 1.165) is 5.92 Å². The van der Waals surface area contributed by atoms with Crippen molar-refractivity contribution in [3.05, 3.63) is 0 Å². The lowest BCUT2D eigenvalue weighted by Gasteiger charge is -2.23. The highest BCUT2D eigenvalue weighted by Gasteiger charge is 2.06. The van der Waals surface area contributed by atoms with Crippen LogP contribution in [0, 0.1) is 5.92 Å². The Morgan fingerprint density at radius 2 is 1.70 bits per heavy atom. The Balaban J connectivity index is 3.46. The van der Waals surface area contributed by atoms with Gasteiger partial charge in [0.15, 0.2) is 0 Å². The average Bonchev–Trinajstić information content (AvgIpc) is 1.87. The second-order valence-electron chi connectivity index (χ2n) is 3.55. The SMILES string of the molecule is CCC(C)CN(C)C(C)C. The van der Waals surface area contributed by atoms with E-state index in [1.807, 2.05) is 0 Å². The van der Waals surface area contributed by atoms with E-state index in [9.17, 15) is 0 Å². The zero-order chi connectivity index (χ0) is 8.15. The van der Waals surface area contributed by atoms with E-state index in [-0.39, 0.29) is 0 Å². The first-order valence-electron chi connectivity index (χ1n) is 4.28. The molecule has 10 heavy (non-hydrogen) atoms. The minimum Gasteiger partial charge on any atom is -0.304 e. The summed E-state index contributed by atoms with van der Waals surface area (Å²) in [5.74, 6) is 0.840. The average molecular weight is 143 g/mol. The van der Waals surface area contributed by atoms with Crippen molar-refractivity contribution in [1.29, 1.82) is 0 Å². The van der Waals surface area contributed by atoms with Crippen LogP contribution in [-0.2, 0) is 0 Å². The molecule has 0 aromatic heterocycles. The van der Waals surface area contributed by atoms with Gasteiger partial charge in [0.25, 0.3) is 0 Å². The fraction of sp³-hybridized carbons (Fsp3) is 1.00. The minimum absolute atomic E-state index is 0.689. The molecule has 0 aliphatic heterocycles. The molecule has 0 aromatic carbocycles. The highest BCUT2D eigenvalue weighted by molar-refractivity contribution is 4.60. The molecule has 0 rings (SSSR count). The molecule has 1 nitrogen and oxygen atoms in total. The fourth-order valence-corrected chi connectivity index (χ4v) is 0.832. The van der Waals surface area contributed by atoms with Crippen molar-refractivity contribution in [2.24, 2.45) is 5.92 Å². The Labute approximate surface area is 65.4 Å². The van der Waals surface area contributed by atoms with Crippen LogP contribution < -0.4 is 0 Å². The monoisotopic (exact) mass is 143 g/mol. The fourth-order valence-electron chi connectivity index (χ4n) is 0.832. The molecule has 1 atom stereocenters. The first-order valence-corrected chi connectivity index (χ1v) is 4.28. The summed E-state index contributed by atoms with van der Waals surface area (Å²) in [4.78, 5) is 2.40. The first-order chi connectivity index (χ1) is 4.57. The zero-order valence-corrected chi connectivity index (χ0v) is 8.02. The van der Waals surface area contributed by atoms with Crippen molar-refractivity contribution in [3.63, 3.8) is 0 Å². The summed E-state index contributed by atoms with van der Waals surface area (Å²) < 4.78 is 0. The van der Waals surface area contributed by atoms with Gasteiger partial charge < -0.3 is 4.90 Å². The van der Waals surface area contributed by atoms with Crippen molar-refractivity contribution in [1.82, 2.24) is 4.90 Å². The van der Waals surface area contributed by atoms with Crippen LogP contribution in [0.25, 0.3) is 0 Å². The molecule has 62 valence electrons. The van der Waals surface area contributed by atoms with E-state index in [4.69, 9.17) is 0 Å². The van der Waals surface area contributed by atoms with Gasteiger partial charge >= 0.3 is 0 Å². The van der Waals surface area contributed by atoms with E-state index >= 15 is 0 Å². The van der Waals surface area contributed by atoms with Crippen molar-refractivity contribution >= 4 is 0 Å². The minimum atomic E-state index is 0.689. The van der Waals surface area contributed by atoms with E-state index in [1.165, 1.54) is 13.0 Å². The van der Waals surface area contributed by atoms with Crippen molar-refractivity contribution < 1.29 is 0 Å². The van der Waals surface area contributed by atoms with Crippen LogP contribution in [0.15, 0.2) is 0 Å². The normalized spacial score (nSPS) is 14.7. The molecular formula is C9H21N. The second kappa shape index (κ2) is 4.73. The third-order valence-corrected chi connectivity index (χ3v) is 2.18. The molecule has 0 saturated heterocycles. The summed E-state index contributed by atoms with van der Waals surface area (Å²) in [5, 5.41) is 0. The quantitative estimate of drug-likeness (QED) is 0.584. The Morgan fingerprint density at radius 1 is 1.20 bits per heavy atom. The summed E-state index contributed by atoms with van der Waals surface area (Å²) in [6.45, 7) is 10.3. The topological polar surface area (TPSA) is 3.24 Å². The lowest BCUT2D eigenvalue weighted by molar-refractivity contribution is 0.234. The number of rotatable bonds is 4. The molecule has 0 saturated carbocycles.